The van der Waals surface area contributed by atoms with Crippen LogP contribution in [0.5, 0.6) is 0 Å². The molecule has 0 saturated carbocycles. The van der Waals surface area contributed by atoms with Crippen molar-refractivity contribution in [2.75, 3.05) is 0 Å². The van der Waals surface area contributed by atoms with Gasteiger partial charge in [0.1, 0.15) is 0 Å². The fourth-order valence-corrected chi connectivity index (χ4v) is 1.97. The van der Waals surface area contributed by atoms with Gasteiger partial charge in [0.05, 0.1) is 5.56 Å². The second-order valence-corrected chi connectivity index (χ2v) is 4.78. The van der Waals surface area contributed by atoms with E-state index >= 15 is 0 Å². The molecular formula is C14H19NO3. The van der Waals surface area contributed by atoms with Crippen molar-refractivity contribution in [1.82, 2.24) is 4.90 Å². The molecule has 0 spiro atoms. The molecule has 98 valence electrons. The van der Waals surface area contributed by atoms with E-state index in [1.807, 2.05) is 27.7 Å². The monoisotopic (exact) mass is 249 g/mol. The number of aromatic carboxylic acids is 1. The van der Waals surface area contributed by atoms with Crippen LogP contribution in [0.15, 0.2) is 24.3 Å². The number of hydrogen-bond acceptors (Lipinski definition) is 2. The molecule has 0 aliphatic carbocycles. The van der Waals surface area contributed by atoms with Gasteiger partial charge in [-0.05, 0) is 52.0 Å². The van der Waals surface area contributed by atoms with Gasteiger partial charge in [0.15, 0.2) is 0 Å². The molecule has 1 amide bonds. The second kappa shape index (κ2) is 5.67. The van der Waals surface area contributed by atoms with Gasteiger partial charge >= 0.3 is 5.97 Å². The lowest BCUT2D eigenvalue weighted by atomic mass is 10.1. The maximum Gasteiger partial charge on any atom is 0.335 e. The van der Waals surface area contributed by atoms with Crippen molar-refractivity contribution in [3.05, 3.63) is 35.4 Å². The fraction of sp³-hybridized carbons (Fsp3) is 0.429. The molecule has 0 fully saturated rings. The summed E-state index contributed by atoms with van der Waals surface area (Å²) in [7, 11) is 0. The molecule has 0 aliphatic rings. The number of amides is 1. The third kappa shape index (κ3) is 3.09. The smallest absolute Gasteiger partial charge is 0.335 e. The summed E-state index contributed by atoms with van der Waals surface area (Å²) in [6.45, 7) is 7.85. The van der Waals surface area contributed by atoms with Crippen LogP contribution in [0.2, 0.25) is 0 Å². The van der Waals surface area contributed by atoms with Crippen LogP contribution in [0, 0.1) is 0 Å². The number of rotatable bonds is 4. The predicted octanol–water partition coefficient (Wildman–Crippen LogP) is 2.64. The van der Waals surface area contributed by atoms with Crippen LogP contribution in [-0.2, 0) is 0 Å². The summed E-state index contributed by atoms with van der Waals surface area (Å²) in [6, 6.07) is 6.24. The Hall–Kier alpha value is -1.84. The molecule has 0 unspecified atom stereocenters. The Balaban J connectivity index is 2.99. The van der Waals surface area contributed by atoms with Crippen LogP contribution < -0.4 is 0 Å². The van der Waals surface area contributed by atoms with Gasteiger partial charge in [-0.2, -0.15) is 0 Å². The maximum atomic E-state index is 12.3. The molecular weight excluding hydrogens is 230 g/mol. The number of nitrogens with zero attached hydrogens (tertiary/aromatic N) is 1. The normalized spacial score (nSPS) is 10.8. The van der Waals surface area contributed by atoms with Gasteiger partial charge in [-0.1, -0.05) is 0 Å². The summed E-state index contributed by atoms with van der Waals surface area (Å²) in [5, 5.41) is 8.80. The van der Waals surface area contributed by atoms with Gasteiger partial charge in [-0.15, -0.1) is 0 Å². The molecule has 0 aliphatic heterocycles. The first-order valence-electron chi connectivity index (χ1n) is 6.00. The molecule has 0 bridgehead atoms. The van der Waals surface area contributed by atoms with Gasteiger partial charge in [-0.25, -0.2) is 4.79 Å². The zero-order chi connectivity index (χ0) is 13.9. The molecule has 0 heterocycles. The summed E-state index contributed by atoms with van der Waals surface area (Å²) in [4.78, 5) is 24.8. The van der Waals surface area contributed by atoms with Crippen molar-refractivity contribution in [2.45, 2.75) is 39.8 Å². The Kier molecular flexibility index (Phi) is 4.48. The first-order valence-corrected chi connectivity index (χ1v) is 6.00. The third-order valence-electron chi connectivity index (χ3n) is 2.73. The van der Waals surface area contributed by atoms with E-state index in [2.05, 4.69) is 0 Å². The lowest BCUT2D eigenvalue weighted by Crippen LogP contribution is -2.42. The molecule has 1 N–H and O–H groups in total. The zero-order valence-corrected chi connectivity index (χ0v) is 11.2. The van der Waals surface area contributed by atoms with Crippen molar-refractivity contribution in [1.29, 1.82) is 0 Å². The van der Waals surface area contributed by atoms with E-state index in [0.29, 0.717) is 5.56 Å². The van der Waals surface area contributed by atoms with Gasteiger partial charge in [-0.3, -0.25) is 4.79 Å². The molecule has 18 heavy (non-hydrogen) atoms. The second-order valence-electron chi connectivity index (χ2n) is 4.78. The molecule has 4 heteroatoms. The Morgan fingerprint density at radius 1 is 0.944 bits per heavy atom. The highest BCUT2D eigenvalue weighted by Crippen LogP contribution is 2.13. The minimum Gasteiger partial charge on any atom is -0.478 e. The predicted molar refractivity (Wildman–Crippen MR) is 69.8 cm³/mol. The van der Waals surface area contributed by atoms with Crippen molar-refractivity contribution in [3.63, 3.8) is 0 Å². The summed E-state index contributed by atoms with van der Waals surface area (Å²) in [6.07, 6.45) is 0. The van der Waals surface area contributed by atoms with Crippen molar-refractivity contribution in [2.24, 2.45) is 0 Å². The van der Waals surface area contributed by atoms with Crippen LogP contribution >= 0.6 is 0 Å². The summed E-state index contributed by atoms with van der Waals surface area (Å²) in [5.41, 5.74) is 0.703. The largest absolute Gasteiger partial charge is 0.478 e. The van der Waals surface area contributed by atoms with Crippen LogP contribution in [0.4, 0.5) is 0 Å². The number of carboxylic acid groups (broad SMARTS) is 1. The Bertz CT molecular complexity index is 427. The highest BCUT2D eigenvalue weighted by molar-refractivity contribution is 5.96. The van der Waals surface area contributed by atoms with Crippen LogP contribution in [0.3, 0.4) is 0 Å². The van der Waals surface area contributed by atoms with E-state index < -0.39 is 5.97 Å². The first-order chi connectivity index (χ1) is 8.34. The molecule has 0 aromatic heterocycles. The minimum atomic E-state index is -0.987. The Morgan fingerprint density at radius 2 is 1.33 bits per heavy atom. The average molecular weight is 249 g/mol. The summed E-state index contributed by atoms with van der Waals surface area (Å²) >= 11 is 0. The van der Waals surface area contributed by atoms with E-state index in [4.69, 9.17) is 5.11 Å². The van der Waals surface area contributed by atoms with Crippen LogP contribution in [0.25, 0.3) is 0 Å². The maximum absolute atomic E-state index is 12.3. The van der Waals surface area contributed by atoms with E-state index in [-0.39, 0.29) is 23.6 Å². The first kappa shape index (κ1) is 14.2. The molecule has 0 saturated heterocycles. The summed E-state index contributed by atoms with van der Waals surface area (Å²) in [5.74, 6) is -1.06. The lowest BCUT2D eigenvalue weighted by Gasteiger charge is -2.30. The van der Waals surface area contributed by atoms with Crippen molar-refractivity contribution < 1.29 is 14.7 Å². The highest BCUT2D eigenvalue weighted by atomic mass is 16.4. The Morgan fingerprint density at radius 3 is 1.67 bits per heavy atom. The SMILES string of the molecule is CC(C)N(C(=O)c1ccc(C(=O)O)cc1)C(C)C. The third-order valence-corrected chi connectivity index (χ3v) is 2.73. The van der Waals surface area contributed by atoms with Gasteiger partial charge < -0.3 is 10.0 Å². The van der Waals surface area contributed by atoms with Crippen molar-refractivity contribution >= 4 is 11.9 Å². The molecule has 4 nitrogen and oxygen atoms in total. The number of hydrogen-bond donors (Lipinski definition) is 1. The lowest BCUT2D eigenvalue weighted by molar-refractivity contribution is 0.0640. The fourth-order valence-electron chi connectivity index (χ4n) is 1.97. The topological polar surface area (TPSA) is 57.6 Å². The number of carboxylic acids is 1. The van der Waals surface area contributed by atoms with Crippen molar-refractivity contribution in [3.8, 4) is 0 Å². The Labute approximate surface area is 107 Å². The molecule has 0 atom stereocenters. The van der Waals surface area contributed by atoms with Gasteiger partial charge in [0, 0.05) is 17.6 Å². The molecule has 1 rings (SSSR count). The average Bonchev–Trinajstić information content (AvgIpc) is 2.28. The van der Waals surface area contributed by atoms with E-state index in [0.717, 1.165) is 0 Å². The number of benzene rings is 1. The van der Waals surface area contributed by atoms with Crippen LogP contribution in [-0.4, -0.2) is 34.0 Å². The summed E-state index contributed by atoms with van der Waals surface area (Å²) < 4.78 is 0. The molecule has 1 aromatic rings. The minimum absolute atomic E-state index is 0.0723. The van der Waals surface area contributed by atoms with Gasteiger partial charge in [0.2, 0.25) is 0 Å². The molecule has 1 aromatic carbocycles. The van der Waals surface area contributed by atoms with E-state index in [1.165, 1.54) is 12.1 Å². The highest BCUT2D eigenvalue weighted by Gasteiger charge is 2.21. The van der Waals surface area contributed by atoms with E-state index in [9.17, 15) is 9.59 Å². The molecule has 0 radical (unpaired) electrons. The quantitative estimate of drug-likeness (QED) is 0.892. The van der Waals surface area contributed by atoms with Crippen LogP contribution in [0.1, 0.15) is 48.4 Å². The standard InChI is InChI=1S/C14H19NO3/c1-9(2)15(10(3)4)13(16)11-5-7-12(8-6-11)14(17)18/h5-10H,1-4H3,(H,17,18). The van der Waals surface area contributed by atoms with Gasteiger partial charge in [0.25, 0.3) is 5.91 Å². The van der Waals surface area contributed by atoms with E-state index in [1.54, 1.807) is 17.0 Å². The number of carbonyl (C=O) groups is 2. The number of carbonyl (C=O) groups excluding carboxylic acids is 1. The zero-order valence-electron chi connectivity index (χ0n) is 11.2.